The molecule has 0 bridgehead atoms. The quantitative estimate of drug-likeness (QED) is 0.282. The van der Waals surface area contributed by atoms with Crippen molar-refractivity contribution < 1.29 is 39.1 Å². The summed E-state index contributed by atoms with van der Waals surface area (Å²) in [6, 6.07) is 5.73. The Morgan fingerprint density at radius 1 is 1.19 bits per heavy atom. The van der Waals surface area contributed by atoms with Crippen molar-refractivity contribution in [3.8, 4) is 11.3 Å². The number of aliphatic hydroxyl groups is 3. The monoisotopic (exact) mass is 586 g/mol. The van der Waals surface area contributed by atoms with Crippen molar-refractivity contribution in [2.75, 3.05) is 6.61 Å². The van der Waals surface area contributed by atoms with Crippen molar-refractivity contribution in [2.45, 2.75) is 75.1 Å². The molecule has 1 amide bonds. The van der Waals surface area contributed by atoms with E-state index in [4.69, 9.17) is 4.74 Å². The fraction of sp³-hybridized carbons (Fsp3) is 0.536. The third kappa shape index (κ3) is 6.07. The van der Waals surface area contributed by atoms with Gasteiger partial charge in [-0.25, -0.2) is 9.07 Å². The van der Waals surface area contributed by atoms with E-state index in [9.17, 15) is 34.4 Å². The van der Waals surface area contributed by atoms with Crippen LogP contribution in [-0.2, 0) is 27.9 Å². The molecule has 5 rings (SSSR count). The minimum absolute atomic E-state index is 0.0841. The Kier molecular flexibility index (Phi) is 8.96. The summed E-state index contributed by atoms with van der Waals surface area (Å²) >= 11 is 0. The average Bonchev–Trinajstić information content (AvgIpc) is 3.61. The lowest BCUT2D eigenvalue weighted by molar-refractivity contribution is -0.202. The first-order valence-corrected chi connectivity index (χ1v) is 14.0. The fourth-order valence-electron chi connectivity index (χ4n) is 6.11. The van der Waals surface area contributed by atoms with E-state index >= 15 is 0 Å². The predicted octanol–water partition coefficient (Wildman–Crippen LogP) is 0.903. The summed E-state index contributed by atoms with van der Waals surface area (Å²) < 4.78 is 22.7. The summed E-state index contributed by atoms with van der Waals surface area (Å²) in [6.45, 7) is -0.568. The molecular formula is C28H35FN6O7. The first kappa shape index (κ1) is 29.8. The zero-order valence-corrected chi connectivity index (χ0v) is 23.1. The maximum atomic E-state index is 14.4. The molecule has 4 N–H and O–H groups in total. The number of carboxylic acid groups (broad SMARTS) is 1. The maximum absolute atomic E-state index is 14.4. The molecule has 1 saturated heterocycles. The van der Waals surface area contributed by atoms with Gasteiger partial charge in [0.05, 0.1) is 49.7 Å². The lowest BCUT2D eigenvalue weighted by atomic mass is 9.81. The highest BCUT2D eigenvalue weighted by Gasteiger charge is 2.52. The van der Waals surface area contributed by atoms with Gasteiger partial charge in [-0.05, 0) is 31.0 Å². The molecule has 13 nitrogen and oxygen atoms in total. The lowest BCUT2D eigenvalue weighted by Gasteiger charge is -2.46. The van der Waals surface area contributed by atoms with Gasteiger partial charge in [-0.15, -0.1) is 5.10 Å². The Labute approximate surface area is 241 Å². The van der Waals surface area contributed by atoms with Crippen LogP contribution in [-0.4, -0.2) is 99.0 Å². The number of ether oxygens (including phenoxy) is 1. The van der Waals surface area contributed by atoms with Crippen LogP contribution in [0.2, 0.25) is 0 Å². The van der Waals surface area contributed by atoms with Crippen molar-refractivity contribution in [3.05, 3.63) is 54.2 Å². The smallest absolute Gasteiger partial charge is 0.303 e. The molecule has 3 heterocycles. The van der Waals surface area contributed by atoms with E-state index in [-0.39, 0.29) is 12.2 Å². The number of halogens is 1. The van der Waals surface area contributed by atoms with Crippen LogP contribution >= 0.6 is 0 Å². The molecule has 14 heteroatoms. The standard InChI is InChI=1S/C28H35FN6O7/c1-33-18(9-10-30-33)13-34(21-7-2-3-8-22(21)37)28(41)27-19(12-24(38)39)25(26(40)23(15-36)42-27)35-14-20(31-32-35)16-5-4-6-17(29)11-16/h4-6,9-11,14,19,21-23,25-27,36-37,40H,2-3,7-8,12-13,15H2,1H3,(H,38,39)/t19-,21+,22+,23-,25+,26+,27-/m1/s1. The van der Waals surface area contributed by atoms with Crippen LogP contribution in [0.4, 0.5) is 4.39 Å². The number of benzene rings is 1. The Balaban J connectivity index is 1.54. The SMILES string of the molecule is Cn1nccc1CN(C(=O)[C@@H]1O[C@H](CO)[C@H](O)[C@@H](n2cc(-c3cccc(F)c3)nn2)[C@H]1CC(=O)O)[C@H]1CCCC[C@@H]1O. The lowest BCUT2D eigenvalue weighted by Crippen LogP contribution is -2.60. The van der Waals surface area contributed by atoms with E-state index in [1.165, 1.54) is 34.0 Å². The van der Waals surface area contributed by atoms with Crippen LogP contribution in [0, 0.1) is 11.7 Å². The minimum atomic E-state index is -1.45. The number of nitrogens with zero attached hydrogens (tertiary/aromatic N) is 6. The third-order valence-corrected chi connectivity index (χ3v) is 8.28. The molecule has 1 aliphatic carbocycles. The van der Waals surface area contributed by atoms with Gasteiger partial charge in [0.1, 0.15) is 29.8 Å². The van der Waals surface area contributed by atoms with Gasteiger partial charge >= 0.3 is 5.97 Å². The van der Waals surface area contributed by atoms with Crippen LogP contribution in [0.15, 0.2) is 42.7 Å². The molecule has 42 heavy (non-hydrogen) atoms. The number of carboxylic acids is 1. The van der Waals surface area contributed by atoms with Crippen LogP contribution < -0.4 is 0 Å². The van der Waals surface area contributed by atoms with E-state index in [2.05, 4.69) is 15.4 Å². The fourth-order valence-corrected chi connectivity index (χ4v) is 6.11. The Bertz CT molecular complexity index is 1400. The summed E-state index contributed by atoms with van der Waals surface area (Å²) in [5, 5.41) is 54.6. The van der Waals surface area contributed by atoms with Gasteiger partial charge in [0.25, 0.3) is 5.91 Å². The summed E-state index contributed by atoms with van der Waals surface area (Å²) in [4.78, 5) is 28.0. The molecule has 2 aromatic heterocycles. The van der Waals surface area contributed by atoms with E-state index in [0.717, 1.165) is 12.8 Å². The second-order valence-corrected chi connectivity index (χ2v) is 10.9. The summed E-state index contributed by atoms with van der Waals surface area (Å²) in [5.74, 6) is -3.43. The number of aromatic nitrogens is 5. The molecule has 3 aromatic rings. The average molecular weight is 587 g/mol. The zero-order valence-electron chi connectivity index (χ0n) is 23.1. The molecule has 0 unspecified atom stereocenters. The first-order valence-electron chi connectivity index (χ1n) is 14.0. The van der Waals surface area contributed by atoms with Crippen molar-refractivity contribution in [1.29, 1.82) is 0 Å². The third-order valence-electron chi connectivity index (χ3n) is 8.28. The van der Waals surface area contributed by atoms with Crippen LogP contribution in [0.25, 0.3) is 11.3 Å². The Morgan fingerprint density at radius 2 is 1.98 bits per heavy atom. The number of aryl methyl sites for hydroxylation is 1. The molecule has 226 valence electrons. The van der Waals surface area contributed by atoms with E-state index in [0.29, 0.717) is 24.1 Å². The van der Waals surface area contributed by atoms with Gasteiger partial charge in [0.2, 0.25) is 0 Å². The number of aliphatic hydroxyl groups excluding tert-OH is 3. The molecule has 2 fully saturated rings. The van der Waals surface area contributed by atoms with E-state index in [1.807, 2.05) is 0 Å². The highest BCUT2D eigenvalue weighted by Crippen LogP contribution is 2.39. The number of carbonyl (C=O) groups is 2. The maximum Gasteiger partial charge on any atom is 0.303 e. The van der Waals surface area contributed by atoms with Crippen molar-refractivity contribution in [2.24, 2.45) is 13.0 Å². The van der Waals surface area contributed by atoms with Crippen molar-refractivity contribution in [3.63, 3.8) is 0 Å². The van der Waals surface area contributed by atoms with Gasteiger partial charge in [-0.3, -0.25) is 14.3 Å². The van der Waals surface area contributed by atoms with Gasteiger partial charge in [0, 0.05) is 24.7 Å². The molecule has 1 aliphatic heterocycles. The second-order valence-electron chi connectivity index (χ2n) is 10.9. The summed E-state index contributed by atoms with van der Waals surface area (Å²) in [6.07, 6.45) is 0.221. The number of aliphatic carboxylic acids is 1. The minimum Gasteiger partial charge on any atom is -0.481 e. The van der Waals surface area contributed by atoms with Gasteiger partial charge < -0.3 is 30.1 Å². The summed E-state index contributed by atoms with van der Waals surface area (Å²) in [7, 11) is 1.73. The van der Waals surface area contributed by atoms with Gasteiger partial charge in [0.15, 0.2) is 0 Å². The topological polar surface area (TPSA) is 176 Å². The van der Waals surface area contributed by atoms with Crippen LogP contribution in [0.5, 0.6) is 0 Å². The number of rotatable bonds is 9. The molecule has 7 atom stereocenters. The van der Waals surface area contributed by atoms with Gasteiger partial charge in [-0.2, -0.15) is 5.10 Å². The van der Waals surface area contributed by atoms with Crippen LogP contribution in [0.3, 0.4) is 0 Å². The molecular weight excluding hydrogens is 551 g/mol. The van der Waals surface area contributed by atoms with E-state index in [1.54, 1.807) is 30.1 Å². The van der Waals surface area contributed by atoms with Crippen LogP contribution in [0.1, 0.15) is 43.8 Å². The Hall–Kier alpha value is -3.72. The first-order chi connectivity index (χ1) is 20.2. The number of amides is 1. The molecule has 0 spiro atoms. The normalized spacial score (nSPS) is 28.0. The van der Waals surface area contributed by atoms with Crippen molar-refractivity contribution in [1.82, 2.24) is 29.7 Å². The predicted molar refractivity (Wildman–Crippen MR) is 144 cm³/mol. The molecule has 2 aliphatic rings. The highest BCUT2D eigenvalue weighted by atomic mass is 19.1. The van der Waals surface area contributed by atoms with Gasteiger partial charge in [-0.1, -0.05) is 30.2 Å². The van der Waals surface area contributed by atoms with Crippen molar-refractivity contribution >= 4 is 11.9 Å². The van der Waals surface area contributed by atoms with E-state index < -0.39 is 73.1 Å². The summed E-state index contributed by atoms with van der Waals surface area (Å²) in [5.41, 5.74) is 1.38. The molecule has 1 aromatic carbocycles. The number of carbonyl (C=O) groups excluding carboxylic acids is 1. The second kappa shape index (κ2) is 12.7. The zero-order chi connectivity index (χ0) is 30.0. The number of hydrogen-bond acceptors (Lipinski definition) is 9. The number of hydrogen-bond donors (Lipinski definition) is 4. The highest BCUT2D eigenvalue weighted by molar-refractivity contribution is 5.83. The largest absolute Gasteiger partial charge is 0.481 e. The molecule has 0 radical (unpaired) electrons. The Morgan fingerprint density at radius 3 is 2.64 bits per heavy atom. The molecule has 1 saturated carbocycles.